The van der Waals surface area contributed by atoms with E-state index in [1.54, 1.807) is 6.20 Å². The first kappa shape index (κ1) is 20.0. The molecule has 1 aromatic carbocycles. The van der Waals surface area contributed by atoms with Crippen LogP contribution < -0.4 is 21.3 Å². The molecule has 1 amide bonds. The van der Waals surface area contributed by atoms with Crippen LogP contribution in [0.25, 0.3) is 11.0 Å². The molecule has 3 aromatic rings. The molecule has 0 radical (unpaired) electrons. The number of anilines is 3. The molecular formula is C19H20ClN7O3S. The zero-order valence-electron chi connectivity index (χ0n) is 16.4. The van der Waals surface area contributed by atoms with Crippen molar-refractivity contribution in [2.24, 2.45) is 5.14 Å². The first-order valence-electron chi connectivity index (χ1n) is 9.83. The van der Waals surface area contributed by atoms with Crippen LogP contribution >= 0.6 is 11.6 Å². The van der Waals surface area contributed by atoms with Gasteiger partial charge in [-0.1, -0.05) is 30.9 Å². The zero-order valence-corrected chi connectivity index (χ0v) is 17.9. The maximum absolute atomic E-state index is 12.9. The number of benzene rings is 1. The number of sulfonamides is 1. The van der Waals surface area contributed by atoms with Gasteiger partial charge in [0.25, 0.3) is 5.91 Å². The summed E-state index contributed by atoms with van der Waals surface area (Å²) in [7, 11) is -3.86. The number of fused-ring (bicyclic) bond motifs is 4. The van der Waals surface area contributed by atoms with E-state index in [0.717, 1.165) is 43.3 Å². The van der Waals surface area contributed by atoms with Gasteiger partial charge in [-0.3, -0.25) is 20.2 Å². The number of hydrogen-bond acceptors (Lipinski definition) is 7. The van der Waals surface area contributed by atoms with E-state index in [-0.39, 0.29) is 21.8 Å². The second kappa shape index (κ2) is 7.08. The topological polar surface area (TPSA) is 144 Å². The molecule has 1 saturated carbocycles. The van der Waals surface area contributed by atoms with Gasteiger partial charge >= 0.3 is 0 Å². The Kier molecular flexibility index (Phi) is 4.57. The molecule has 1 fully saturated rings. The smallest absolute Gasteiger partial charge is 0.264 e. The number of aromatic nitrogens is 3. The van der Waals surface area contributed by atoms with Gasteiger partial charge in [-0.25, -0.2) is 18.5 Å². The lowest BCUT2D eigenvalue weighted by molar-refractivity contribution is -0.131. The lowest BCUT2D eigenvalue weighted by atomic mass is 9.80. The monoisotopic (exact) mass is 461 g/mol. The Morgan fingerprint density at radius 1 is 1.16 bits per heavy atom. The predicted molar refractivity (Wildman–Crippen MR) is 116 cm³/mol. The summed E-state index contributed by atoms with van der Waals surface area (Å²) in [6.45, 7) is 0. The Bertz CT molecular complexity index is 1320. The van der Waals surface area contributed by atoms with Crippen LogP contribution in [0.3, 0.4) is 0 Å². The Hall–Kier alpha value is -2.89. The predicted octanol–water partition coefficient (Wildman–Crippen LogP) is 2.59. The first-order valence-corrected chi connectivity index (χ1v) is 11.8. The lowest BCUT2D eigenvalue weighted by Crippen LogP contribution is -2.55. The molecule has 1 spiro atoms. The molecular weight excluding hydrogens is 442 g/mol. The minimum absolute atomic E-state index is 0.0630. The number of amides is 1. The lowest BCUT2D eigenvalue weighted by Gasteiger charge is -2.41. The number of rotatable bonds is 3. The van der Waals surface area contributed by atoms with Crippen molar-refractivity contribution in [3.63, 3.8) is 0 Å². The molecule has 0 bridgehead atoms. The van der Waals surface area contributed by atoms with Crippen molar-refractivity contribution in [1.29, 1.82) is 0 Å². The summed E-state index contributed by atoms with van der Waals surface area (Å²) in [4.78, 5) is 21.8. The van der Waals surface area contributed by atoms with Crippen molar-refractivity contribution in [1.82, 2.24) is 20.0 Å². The fourth-order valence-corrected chi connectivity index (χ4v) is 5.23. The van der Waals surface area contributed by atoms with Crippen LogP contribution in [0.15, 0.2) is 35.4 Å². The van der Waals surface area contributed by atoms with Gasteiger partial charge in [0.2, 0.25) is 16.0 Å². The van der Waals surface area contributed by atoms with Crippen LogP contribution in [0, 0.1) is 0 Å². The Labute approximate surface area is 183 Å². The van der Waals surface area contributed by atoms with E-state index in [1.165, 1.54) is 18.2 Å². The fourth-order valence-electron chi connectivity index (χ4n) is 4.40. The first-order chi connectivity index (χ1) is 14.8. The number of nitrogens with zero attached hydrogens (tertiary/aromatic N) is 3. The summed E-state index contributed by atoms with van der Waals surface area (Å²) in [5.41, 5.74) is 6.13. The number of halogens is 1. The number of hydrogen-bond donors (Lipinski definition) is 4. The van der Waals surface area contributed by atoms with Gasteiger partial charge in [0.15, 0.2) is 0 Å². The van der Waals surface area contributed by atoms with Gasteiger partial charge in [0.05, 0.1) is 15.6 Å². The van der Waals surface area contributed by atoms with Gasteiger partial charge < -0.3 is 5.32 Å². The van der Waals surface area contributed by atoms with Crippen molar-refractivity contribution in [2.45, 2.75) is 42.5 Å². The summed E-state index contributed by atoms with van der Waals surface area (Å²) in [5, 5.41) is 9.13. The molecule has 3 heterocycles. The third-order valence-electron chi connectivity index (χ3n) is 5.89. The molecule has 0 unspecified atom stereocenters. The quantitative estimate of drug-likeness (QED) is 0.469. The van der Waals surface area contributed by atoms with Gasteiger partial charge in [-0.2, -0.15) is 4.98 Å². The molecule has 2 aliphatic rings. The van der Waals surface area contributed by atoms with Crippen molar-refractivity contribution >= 4 is 56.0 Å². The molecule has 1 aliphatic carbocycles. The maximum Gasteiger partial charge on any atom is 0.264 e. The highest BCUT2D eigenvalue weighted by Crippen LogP contribution is 2.42. The number of hydrazine groups is 1. The molecule has 0 atom stereocenters. The van der Waals surface area contributed by atoms with Crippen LogP contribution in [0.2, 0.25) is 5.02 Å². The molecule has 12 heteroatoms. The SMILES string of the molecule is NS(=O)(=O)c1ccc(Nc2ncc3cc4n(c3n2)C2(CCCCC2)C(=O)NN4)c(Cl)c1. The summed E-state index contributed by atoms with van der Waals surface area (Å²) >= 11 is 6.23. The minimum atomic E-state index is -3.86. The van der Waals surface area contributed by atoms with Crippen LogP contribution in [0.1, 0.15) is 32.1 Å². The maximum atomic E-state index is 12.9. The minimum Gasteiger partial charge on any atom is -0.323 e. The van der Waals surface area contributed by atoms with E-state index in [9.17, 15) is 13.2 Å². The molecule has 1 aliphatic heterocycles. The average molecular weight is 462 g/mol. The van der Waals surface area contributed by atoms with E-state index in [1.807, 2.05) is 10.6 Å². The van der Waals surface area contributed by atoms with E-state index < -0.39 is 15.6 Å². The normalized spacial score (nSPS) is 17.8. The van der Waals surface area contributed by atoms with Crippen LogP contribution in [0.4, 0.5) is 17.5 Å². The van der Waals surface area contributed by atoms with E-state index in [2.05, 4.69) is 26.1 Å². The van der Waals surface area contributed by atoms with Crippen molar-refractivity contribution in [3.05, 3.63) is 35.5 Å². The van der Waals surface area contributed by atoms with E-state index in [0.29, 0.717) is 11.3 Å². The highest BCUT2D eigenvalue weighted by molar-refractivity contribution is 7.89. The van der Waals surface area contributed by atoms with Gasteiger partial charge in [0, 0.05) is 11.6 Å². The van der Waals surface area contributed by atoms with Crippen molar-refractivity contribution in [3.8, 4) is 0 Å². The molecule has 5 N–H and O–H groups in total. The summed E-state index contributed by atoms with van der Waals surface area (Å²) in [5.74, 6) is 0.973. The van der Waals surface area contributed by atoms with E-state index in [4.69, 9.17) is 16.7 Å². The number of carbonyl (C=O) groups is 1. The van der Waals surface area contributed by atoms with Crippen LogP contribution in [-0.4, -0.2) is 28.9 Å². The number of primary sulfonamides is 1. The molecule has 10 nitrogen and oxygen atoms in total. The van der Waals surface area contributed by atoms with E-state index >= 15 is 0 Å². The highest BCUT2D eigenvalue weighted by Gasteiger charge is 2.46. The average Bonchev–Trinajstić information content (AvgIpc) is 3.11. The van der Waals surface area contributed by atoms with Crippen LogP contribution in [0.5, 0.6) is 0 Å². The Morgan fingerprint density at radius 2 is 1.94 bits per heavy atom. The third-order valence-corrected chi connectivity index (χ3v) is 7.12. The number of nitrogens with two attached hydrogens (primary N) is 1. The van der Waals surface area contributed by atoms with Crippen molar-refractivity contribution < 1.29 is 13.2 Å². The van der Waals surface area contributed by atoms with Gasteiger partial charge in [-0.15, -0.1) is 0 Å². The number of carbonyl (C=O) groups excluding carboxylic acids is 1. The standard InChI is InChI=1S/C19H20ClN7O3S/c20-13-9-12(31(21,29)30)4-5-14(13)23-18-22-10-11-8-15-25-26-17(28)19(6-2-1-3-7-19)27(15)16(11)24-18/h4-5,8-10,25H,1-3,6-7H2,(H,26,28)(H2,21,29,30)(H,22,23,24). The van der Waals surface area contributed by atoms with Gasteiger partial charge in [0.1, 0.15) is 17.0 Å². The summed E-state index contributed by atoms with van der Waals surface area (Å²) in [6.07, 6.45) is 6.19. The van der Waals surface area contributed by atoms with Crippen molar-refractivity contribution in [2.75, 3.05) is 10.7 Å². The summed E-state index contributed by atoms with van der Waals surface area (Å²) < 4.78 is 25.0. The molecule has 162 valence electrons. The van der Waals surface area contributed by atoms with Crippen LogP contribution in [-0.2, 0) is 20.4 Å². The largest absolute Gasteiger partial charge is 0.323 e. The summed E-state index contributed by atoms with van der Waals surface area (Å²) in [6, 6.07) is 6.03. The molecule has 31 heavy (non-hydrogen) atoms. The van der Waals surface area contributed by atoms with Gasteiger partial charge in [-0.05, 0) is 37.1 Å². The molecule has 0 saturated heterocycles. The zero-order chi connectivity index (χ0) is 21.8. The molecule has 5 rings (SSSR count). The Morgan fingerprint density at radius 3 is 2.65 bits per heavy atom. The second-order valence-corrected chi connectivity index (χ2v) is 9.79. The number of nitrogens with one attached hydrogen (secondary N) is 3. The Balaban J connectivity index is 1.57. The highest BCUT2D eigenvalue weighted by atomic mass is 35.5. The molecule has 2 aromatic heterocycles. The second-order valence-electron chi connectivity index (χ2n) is 7.82. The third kappa shape index (κ3) is 3.29. The fraction of sp³-hybridized carbons (Fsp3) is 0.316.